The highest BCUT2D eigenvalue weighted by molar-refractivity contribution is 5.38. The molecule has 1 aromatic heterocycles. The number of nitrogens with zero attached hydrogens (tertiary/aromatic N) is 4. The fourth-order valence-electron chi connectivity index (χ4n) is 3.95. The molecule has 0 spiro atoms. The van der Waals surface area contributed by atoms with Gasteiger partial charge in [0.15, 0.2) is 0 Å². The van der Waals surface area contributed by atoms with E-state index in [-0.39, 0.29) is 5.69 Å². The van der Waals surface area contributed by atoms with Crippen molar-refractivity contribution < 1.29 is 14.2 Å². The van der Waals surface area contributed by atoms with E-state index in [2.05, 4.69) is 22.1 Å². The molecule has 0 unspecified atom stereocenters. The van der Waals surface area contributed by atoms with Crippen LogP contribution in [0.3, 0.4) is 0 Å². The van der Waals surface area contributed by atoms with Crippen molar-refractivity contribution in [3.8, 4) is 11.5 Å². The molecule has 160 valence electrons. The lowest BCUT2D eigenvalue weighted by atomic mass is 9.95. The van der Waals surface area contributed by atoms with Gasteiger partial charge in [-0.1, -0.05) is 0 Å². The number of rotatable bonds is 9. The van der Waals surface area contributed by atoms with Crippen molar-refractivity contribution in [3.05, 3.63) is 40.1 Å². The van der Waals surface area contributed by atoms with E-state index >= 15 is 0 Å². The molecule has 2 aromatic rings. The fraction of sp³-hybridized carbons (Fsp3) is 0.619. The van der Waals surface area contributed by atoms with Crippen molar-refractivity contribution in [3.63, 3.8) is 0 Å². The zero-order valence-corrected chi connectivity index (χ0v) is 17.9. The molecule has 29 heavy (non-hydrogen) atoms. The molecule has 1 aliphatic rings. The van der Waals surface area contributed by atoms with E-state index in [1.165, 1.54) is 10.2 Å². The largest absolute Gasteiger partial charge is 0.497 e. The van der Waals surface area contributed by atoms with Crippen LogP contribution in [-0.4, -0.2) is 60.3 Å². The lowest BCUT2D eigenvalue weighted by molar-refractivity contribution is 0.181. The maximum atomic E-state index is 12.6. The first-order valence-electron chi connectivity index (χ1n) is 10.2. The molecular formula is C21H32N4O4. The Balaban J connectivity index is 1.66. The number of ether oxygens (including phenoxy) is 3. The number of aromatic nitrogens is 3. The van der Waals surface area contributed by atoms with Gasteiger partial charge in [-0.2, -0.15) is 5.10 Å². The van der Waals surface area contributed by atoms with Crippen LogP contribution in [0.1, 0.15) is 37.1 Å². The highest BCUT2D eigenvalue weighted by Crippen LogP contribution is 2.29. The second kappa shape index (κ2) is 9.93. The quantitative estimate of drug-likeness (QED) is 0.638. The molecule has 8 heteroatoms. The predicted octanol–water partition coefficient (Wildman–Crippen LogP) is 2.11. The van der Waals surface area contributed by atoms with Crippen LogP contribution in [-0.2, 0) is 24.4 Å². The van der Waals surface area contributed by atoms with Gasteiger partial charge in [-0.15, -0.1) is 0 Å². The number of piperidine rings is 1. The highest BCUT2D eigenvalue weighted by atomic mass is 16.5. The van der Waals surface area contributed by atoms with E-state index in [0.717, 1.165) is 49.8 Å². The van der Waals surface area contributed by atoms with E-state index in [4.69, 9.17) is 14.2 Å². The van der Waals surface area contributed by atoms with Crippen molar-refractivity contribution in [2.45, 2.75) is 45.3 Å². The SMILES string of the molecule is CCn1c(C2CCN(Cc3cc(OC)cc(OC)c3)CC2)nn(CCOC)c1=O. The molecule has 0 bridgehead atoms. The van der Waals surface area contributed by atoms with Crippen LogP contribution in [0.2, 0.25) is 0 Å². The maximum absolute atomic E-state index is 12.6. The Morgan fingerprint density at radius 1 is 1.07 bits per heavy atom. The van der Waals surface area contributed by atoms with Crippen LogP contribution in [0, 0.1) is 0 Å². The topological polar surface area (TPSA) is 70.8 Å². The molecule has 8 nitrogen and oxygen atoms in total. The van der Waals surface area contributed by atoms with Gasteiger partial charge in [-0.3, -0.25) is 9.47 Å². The van der Waals surface area contributed by atoms with Gasteiger partial charge >= 0.3 is 5.69 Å². The zero-order chi connectivity index (χ0) is 20.8. The summed E-state index contributed by atoms with van der Waals surface area (Å²) in [6.07, 6.45) is 1.98. The standard InChI is InChI=1S/C21H32N4O4/c1-5-24-20(22-25(21(24)26)10-11-27-2)17-6-8-23(9-7-17)15-16-12-18(28-3)14-19(13-16)29-4/h12-14,17H,5-11,15H2,1-4H3. The predicted molar refractivity (Wildman–Crippen MR) is 111 cm³/mol. The minimum absolute atomic E-state index is 0.0366. The van der Waals surface area contributed by atoms with Gasteiger partial charge in [0.1, 0.15) is 17.3 Å². The van der Waals surface area contributed by atoms with Gasteiger partial charge in [0, 0.05) is 32.2 Å². The number of methoxy groups -OCH3 is 3. The normalized spacial score (nSPS) is 15.6. The highest BCUT2D eigenvalue weighted by Gasteiger charge is 2.26. The molecular weight excluding hydrogens is 372 g/mol. The molecule has 0 N–H and O–H groups in total. The second-order valence-corrected chi connectivity index (χ2v) is 7.37. The van der Waals surface area contributed by atoms with E-state index in [1.54, 1.807) is 21.3 Å². The van der Waals surface area contributed by atoms with Crippen molar-refractivity contribution in [1.82, 2.24) is 19.2 Å². The molecule has 1 aliphatic heterocycles. The van der Waals surface area contributed by atoms with Crippen LogP contribution in [0.5, 0.6) is 11.5 Å². The van der Waals surface area contributed by atoms with Crippen LogP contribution in [0.25, 0.3) is 0 Å². The van der Waals surface area contributed by atoms with Gasteiger partial charge in [0.25, 0.3) is 0 Å². The van der Waals surface area contributed by atoms with E-state index < -0.39 is 0 Å². The number of benzene rings is 1. The van der Waals surface area contributed by atoms with Crippen molar-refractivity contribution >= 4 is 0 Å². The molecule has 1 fully saturated rings. The van der Waals surface area contributed by atoms with Crippen LogP contribution < -0.4 is 15.2 Å². The second-order valence-electron chi connectivity index (χ2n) is 7.37. The molecule has 0 radical (unpaired) electrons. The molecule has 2 heterocycles. The molecule has 1 saturated heterocycles. The van der Waals surface area contributed by atoms with Crippen molar-refractivity contribution in [2.75, 3.05) is 41.0 Å². The Morgan fingerprint density at radius 2 is 1.72 bits per heavy atom. The van der Waals surface area contributed by atoms with Gasteiger partial charge in [-0.25, -0.2) is 9.48 Å². The molecule has 0 atom stereocenters. The van der Waals surface area contributed by atoms with Crippen molar-refractivity contribution in [1.29, 1.82) is 0 Å². The maximum Gasteiger partial charge on any atom is 0.345 e. The summed E-state index contributed by atoms with van der Waals surface area (Å²) < 4.78 is 19.2. The summed E-state index contributed by atoms with van der Waals surface area (Å²) in [5.74, 6) is 2.84. The summed E-state index contributed by atoms with van der Waals surface area (Å²) >= 11 is 0. The van der Waals surface area contributed by atoms with Gasteiger partial charge in [0.05, 0.1) is 27.4 Å². The monoisotopic (exact) mass is 404 g/mol. The summed E-state index contributed by atoms with van der Waals surface area (Å²) in [6, 6.07) is 6.00. The Hall–Kier alpha value is -2.32. The van der Waals surface area contributed by atoms with Gasteiger partial charge < -0.3 is 14.2 Å². The summed E-state index contributed by atoms with van der Waals surface area (Å²) in [5.41, 5.74) is 1.14. The zero-order valence-electron chi connectivity index (χ0n) is 17.9. The number of hydrogen-bond donors (Lipinski definition) is 0. The minimum Gasteiger partial charge on any atom is -0.497 e. The Labute approximate surface area is 172 Å². The molecule has 3 rings (SSSR count). The summed E-state index contributed by atoms with van der Waals surface area (Å²) in [4.78, 5) is 15.0. The average Bonchev–Trinajstić information content (AvgIpc) is 3.07. The van der Waals surface area contributed by atoms with E-state index in [9.17, 15) is 4.79 Å². The minimum atomic E-state index is -0.0366. The fourth-order valence-corrected chi connectivity index (χ4v) is 3.95. The number of hydrogen-bond acceptors (Lipinski definition) is 6. The van der Waals surface area contributed by atoms with Crippen molar-refractivity contribution in [2.24, 2.45) is 0 Å². The van der Waals surface area contributed by atoms with Crippen LogP contribution in [0.4, 0.5) is 0 Å². The Kier molecular flexibility index (Phi) is 7.33. The Morgan fingerprint density at radius 3 is 2.28 bits per heavy atom. The Bertz CT molecular complexity index is 831. The van der Waals surface area contributed by atoms with E-state index in [0.29, 0.717) is 25.6 Å². The van der Waals surface area contributed by atoms with E-state index in [1.807, 2.05) is 17.6 Å². The lowest BCUT2D eigenvalue weighted by Crippen LogP contribution is -2.33. The van der Waals surface area contributed by atoms with Gasteiger partial charge in [-0.05, 0) is 50.6 Å². The first-order chi connectivity index (χ1) is 14.1. The summed E-state index contributed by atoms with van der Waals surface area (Å²) in [7, 11) is 4.97. The summed E-state index contributed by atoms with van der Waals surface area (Å²) in [5, 5.41) is 4.63. The van der Waals surface area contributed by atoms with Crippen LogP contribution in [0.15, 0.2) is 23.0 Å². The number of likely N-dealkylation sites (tertiary alicyclic amines) is 1. The smallest absolute Gasteiger partial charge is 0.345 e. The third-order valence-electron chi connectivity index (χ3n) is 5.55. The van der Waals surface area contributed by atoms with Gasteiger partial charge in [0.2, 0.25) is 0 Å². The summed E-state index contributed by atoms with van der Waals surface area (Å²) in [6.45, 7) is 6.40. The molecule has 0 aliphatic carbocycles. The molecule has 1 aromatic carbocycles. The third kappa shape index (κ3) is 5.00. The average molecular weight is 405 g/mol. The lowest BCUT2D eigenvalue weighted by Gasteiger charge is -2.31. The molecule has 0 amide bonds. The third-order valence-corrected chi connectivity index (χ3v) is 5.55. The first-order valence-corrected chi connectivity index (χ1v) is 10.2. The van der Waals surface area contributed by atoms with Crippen LogP contribution >= 0.6 is 0 Å². The molecule has 0 saturated carbocycles. The first kappa shape index (κ1) is 21.4.